The molecule has 1 saturated carbocycles. The summed E-state index contributed by atoms with van der Waals surface area (Å²) in [6.45, 7) is 5.31. The molecule has 1 aliphatic carbocycles. The Morgan fingerprint density at radius 2 is 1.67 bits per heavy atom. The van der Waals surface area contributed by atoms with Gasteiger partial charge in [-0.2, -0.15) is 0 Å². The van der Waals surface area contributed by atoms with Gasteiger partial charge in [-0.3, -0.25) is 14.9 Å². The Bertz CT molecular complexity index is 1030. The Balaban J connectivity index is 1.47. The fourth-order valence-corrected chi connectivity index (χ4v) is 4.27. The lowest BCUT2D eigenvalue weighted by Crippen LogP contribution is -2.47. The number of benzene rings is 1. The minimum absolute atomic E-state index is 0.563. The average Bonchev–Trinajstić information content (AvgIpc) is 3.59. The lowest BCUT2D eigenvalue weighted by atomic mass is 10.0. The Hall–Kier alpha value is -2.21. The van der Waals surface area contributed by atoms with Gasteiger partial charge in [0.05, 0.1) is 16.9 Å². The highest BCUT2D eigenvalue weighted by atomic mass is 35.5. The molecule has 2 aromatic heterocycles. The summed E-state index contributed by atoms with van der Waals surface area (Å²) in [5, 5.41) is 1.25. The maximum atomic E-state index is 6.48. The lowest BCUT2D eigenvalue weighted by Gasteiger charge is -2.35. The summed E-state index contributed by atoms with van der Waals surface area (Å²) in [5.41, 5.74) is 3.34. The summed E-state index contributed by atoms with van der Waals surface area (Å²) < 4.78 is 0. The van der Waals surface area contributed by atoms with Crippen LogP contribution in [0.15, 0.2) is 48.9 Å². The van der Waals surface area contributed by atoms with E-state index in [0.717, 1.165) is 60.4 Å². The van der Waals surface area contributed by atoms with Gasteiger partial charge in [-0.15, -0.1) is 0 Å². The van der Waals surface area contributed by atoms with Crippen molar-refractivity contribution in [2.45, 2.75) is 12.8 Å². The minimum Gasteiger partial charge on any atom is -0.353 e. The van der Waals surface area contributed by atoms with Crippen molar-refractivity contribution in [1.82, 2.24) is 19.9 Å². The van der Waals surface area contributed by atoms with Crippen LogP contribution in [0.3, 0.4) is 0 Å². The molecule has 1 aromatic carbocycles. The van der Waals surface area contributed by atoms with Crippen molar-refractivity contribution in [3.05, 3.63) is 59.0 Å². The van der Waals surface area contributed by atoms with E-state index in [-0.39, 0.29) is 0 Å². The maximum absolute atomic E-state index is 6.48. The van der Waals surface area contributed by atoms with E-state index in [9.17, 15) is 0 Å². The zero-order chi connectivity index (χ0) is 20.5. The highest BCUT2D eigenvalue weighted by molar-refractivity contribution is 6.33. The summed E-state index contributed by atoms with van der Waals surface area (Å²) in [6, 6.07) is 9.54. The number of halogens is 2. The van der Waals surface area contributed by atoms with Crippen LogP contribution in [0.25, 0.3) is 22.5 Å². The summed E-state index contributed by atoms with van der Waals surface area (Å²) in [6.07, 6.45) is 8.05. The third-order valence-corrected chi connectivity index (χ3v) is 6.37. The van der Waals surface area contributed by atoms with Crippen LogP contribution < -0.4 is 4.90 Å². The number of nitrogens with zero attached hydrogens (tertiary/aromatic N) is 5. The standard InChI is InChI=1S/C23H23Cl2N5/c24-18-5-3-17(4-6-18)22-23(19-7-8-26-13-20(19)25)28-21(14-27-22)30-11-9-29(10-12-30)15-16-1-2-16/h3-8,13-14,16H,1-2,9-12,15H2. The quantitative estimate of drug-likeness (QED) is 0.556. The zero-order valence-electron chi connectivity index (χ0n) is 16.6. The Labute approximate surface area is 186 Å². The molecule has 3 aromatic rings. The third-order valence-electron chi connectivity index (χ3n) is 5.81. The number of piperazine rings is 1. The SMILES string of the molecule is Clc1ccc(-c2ncc(N3CCN(CC4CC4)CC3)nc2-c2ccncc2Cl)cc1. The van der Waals surface area contributed by atoms with Gasteiger partial charge < -0.3 is 4.90 Å². The first-order valence-electron chi connectivity index (χ1n) is 10.4. The summed E-state index contributed by atoms with van der Waals surface area (Å²) >= 11 is 12.6. The molecule has 3 heterocycles. The first kappa shape index (κ1) is 19.7. The van der Waals surface area contributed by atoms with Gasteiger partial charge in [-0.05, 0) is 37.0 Å². The number of rotatable bonds is 5. The number of aromatic nitrogens is 3. The van der Waals surface area contributed by atoms with Gasteiger partial charge >= 0.3 is 0 Å². The second-order valence-electron chi connectivity index (χ2n) is 8.02. The van der Waals surface area contributed by atoms with Crippen molar-refractivity contribution in [3.63, 3.8) is 0 Å². The van der Waals surface area contributed by atoms with E-state index in [1.807, 2.05) is 36.5 Å². The molecule has 2 fully saturated rings. The molecule has 1 aliphatic heterocycles. The second-order valence-corrected chi connectivity index (χ2v) is 8.86. The average molecular weight is 440 g/mol. The molecule has 30 heavy (non-hydrogen) atoms. The van der Waals surface area contributed by atoms with Crippen LogP contribution in [-0.2, 0) is 0 Å². The van der Waals surface area contributed by atoms with E-state index in [1.54, 1.807) is 12.4 Å². The summed E-state index contributed by atoms with van der Waals surface area (Å²) in [5.74, 6) is 1.82. The van der Waals surface area contributed by atoms with Gasteiger partial charge in [0.2, 0.25) is 0 Å². The van der Waals surface area contributed by atoms with Gasteiger partial charge in [0.25, 0.3) is 0 Å². The summed E-state index contributed by atoms with van der Waals surface area (Å²) in [7, 11) is 0. The molecule has 0 N–H and O–H groups in total. The molecular weight excluding hydrogens is 417 g/mol. The van der Waals surface area contributed by atoms with Crippen molar-refractivity contribution >= 4 is 29.0 Å². The van der Waals surface area contributed by atoms with Crippen LogP contribution in [0.5, 0.6) is 0 Å². The van der Waals surface area contributed by atoms with Crippen molar-refractivity contribution < 1.29 is 0 Å². The van der Waals surface area contributed by atoms with Gasteiger partial charge in [-0.1, -0.05) is 35.3 Å². The molecule has 0 radical (unpaired) electrons. The van der Waals surface area contributed by atoms with E-state index in [1.165, 1.54) is 19.4 Å². The molecule has 5 nitrogen and oxygen atoms in total. The highest BCUT2D eigenvalue weighted by Crippen LogP contribution is 2.35. The number of hydrogen-bond donors (Lipinski definition) is 0. The topological polar surface area (TPSA) is 45.2 Å². The smallest absolute Gasteiger partial charge is 0.147 e. The minimum atomic E-state index is 0.563. The van der Waals surface area contributed by atoms with Crippen molar-refractivity contribution in [3.8, 4) is 22.5 Å². The predicted molar refractivity (Wildman–Crippen MR) is 122 cm³/mol. The zero-order valence-corrected chi connectivity index (χ0v) is 18.1. The van der Waals surface area contributed by atoms with E-state index < -0.39 is 0 Å². The number of pyridine rings is 1. The molecule has 5 rings (SSSR count). The Morgan fingerprint density at radius 3 is 2.37 bits per heavy atom. The van der Waals surface area contributed by atoms with Crippen molar-refractivity contribution in [2.24, 2.45) is 5.92 Å². The number of hydrogen-bond acceptors (Lipinski definition) is 5. The molecule has 0 atom stereocenters. The van der Waals surface area contributed by atoms with Gasteiger partial charge in [0.1, 0.15) is 11.5 Å². The van der Waals surface area contributed by atoms with E-state index in [0.29, 0.717) is 10.0 Å². The molecule has 0 amide bonds. The van der Waals surface area contributed by atoms with Crippen LogP contribution in [0.2, 0.25) is 10.0 Å². The fraction of sp³-hybridized carbons (Fsp3) is 0.348. The molecule has 7 heteroatoms. The van der Waals surface area contributed by atoms with E-state index in [4.69, 9.17) is 33.2 Å². The molecule has 0 bridgehead atoms. The molecule has 0 spiro atoms. The highest BCUT2D eigenvalue weighted by Gasteiger charge is 2.27. The van der Waals surface area contributed by atoms with E-state index >= 15 is 0 Å². The largest absolute Gasteiger partial charge is 0.353 e. The molecule has 0 unspecified atom stereocenters. The lowest BCUT2D eigenvalue weighted by molar-refractivity contribution is 0.247. The van der Waals surface area contributed by atoms with Crippen LogP contribution in [0.1, 0.15) is 12.8 Å². The maximum Gasteiger partial charge on any atom is 0.147 e. The van der Waals surface area contributed by atoms with Crippen LogP contribution >= 0.6 is 23.2 Å². The molecule has 2 aliphatic rings. The fourth-order valence-electron chi connectivity index (χ4n) is 3.93. The van der Waals surface area contributed by atoms with Gasteiger partial charge in [0, 0.05) is 61.3 Å². The predicted octanol–water partition coefficient (Wildman–Crippen LogP) is 5.04. The molecule has 154 valence electrons. The monoisotopic (exact) mass is 439 g/mol. The van der Waals surface area contributed by atoms with E-state index in [2.05, 4.69) is 14.8 Å². The summed E-state index contributed by atoms with van der Waals surface area (Å²) in [4.78, 5) is 18.8. The molecular formula is C23H23Cl2N5. The first-order valence-corrected chi connectivity index (χ1v) is 11.1. The Morgan fingerprint density at radius 1 is 0.900 bits per heavy atom. The van der Waals surface area contributed by atoms with Crippen LogP contribution in [0.4, 0.5) is 5.82 Å². The molecule has 1 saturated heterocycles. The third kappa shape index (κ3) is 4.29. The normalized spacial score (nSPS) is 17.3. The van der Waals surface area contributed by atoms with Crippen molar-refractivity contribution in [2.75, 3.05) is 37.6 Å². The van der Waals surface area contributed by atoms with Gasteiger partial charge in [0.15, 0.2) is 0 Å². The van der Waals surface area contributed by atoms with Crippen LogP contribution in [0, 0.1) is 5.92 Å². The first-order chi connectivity index (χ1) is 14.7. The Kier molecular flexibility index (Phi) is 5.59. The van der Waals surface area contributed by atoms with Gasteiger partial charge in [-0.25, -0.2) is 4.98 Å². The van der Waals surface area contributed by atoms with Crippen molar-refractivity contribution in [1.29, 1.82) is 0 Å². The second kappa shape index (κ2) is 8.50. The number of anilines is 1. The van der Waals surface area contributed by atoms with Crippen LogP contribution in [-0.4, -0.2) is 52.6 Å².